The van der Waals surface area contributed by atoms with Gasteiger partial charge in [0.05, 0.1) is 6.04 Å². The highest BCUT2D eigenvalue weighted by atomic mass is 16.2. The van der Waals surface area contributed by atoms with E-state index in [9.17, 15) is 4.79 Å². The van der Waals surface area contributed by atoms with Gasteiger partial charge in [0, 0.05) is 12.2 Å². The molecule has 2 aromatic carbocycles. The van der Waals surface area contributed by atoms with Crippen LogP contribution in [0.3, 0.4) is 0 Å². The van der Waals surface area contributed by atoms with Crippen molar-refractivity contribution in [1.82, 2.24) is 4.90 Å². The number of likely N-dealkylation sites (N-methyl/N-ethyl adjacent to an activating group) is 1. The molecule has 3 heteroatoms. The van der Waals surface area contributed by atoms with Crippen molar-refractivity contribution >= 4 is 11.6 Å². The number of hydrogen-bond acceptors (Lipinski definition) is 2. The normalized spacial score (nSPS) is 12.2. The van der Waals surface area contributed by atoms with E-state index in [1.54, 1.807) is 0 Å². The fraction of sp³-hybridized carbons (Fsp3) is 0.316. The van der Waals surface area contributed by atoms with Crippen molar-refractivity contribution < 1.29 is 4.79 Å². The minimum Gasteiger partial charge on any atom is -0.325 e. The van der Waals surface area contributed by atoms with Gasteiger partial charge >= 0.3 is 0 Å². The summed E-state index contributed by atoms with van der Waals surface area (Å²) < 4.78 is 0. The van der Waals surface area contributed by atoms with E-state index < -0.39 is 0 Å². The lowest BCUT2D eigenvalue weighted by molar-refractivity contribution is -0.120. The molecule has 0 aromatic heterocycles. The molecule has 1 N–H and O–H groups in total. The summed E-state index contributed by atoms with van der Waals surface area (Å²) >= 11 is 0. The maximum absolute atomic E-state index is 12.3. The van der Waals surface area contributed by atoms with Gasteiger partial charge in [0.1, 0.15) is 0 Å². The van der Waals surface area contributed by atoms with Crippen LogP contribution in [0.4, 0.5) is 5.69 Å². The van der Waals surface area contributed by atoms with Crippen molar-refractivity contribution in [3.8, 4) is 0 Å². The molecular formula is C19H24N2O. The summed E-state index contributed by atoms with van der Waals surface area (Å²) in [5.74, 6) is 0.0164. The minimum absolute atomic E-state index is 0.0164. The second kappa shape index (κ2) is 7.76. The fourth-order valence-corrected chi connectivity index (χ4v) is 2.28. The van der Waals surface area contributed by atoms with Gasteiger partial charge < -0.3 is 5.32 Å². The molecule has 2 aromatic rings. The molecule has 0 aliphatic heterocycles. The van der Waals surface area contributed by atoms with Gasteiger partial charge in [0.15, 0.2) is 0 Å². The molecule has 22 heavy (non-hydrogen) atoms. The molecule has 3 nitrogen and oxygen atoms in total. The highest BCUT2D eigenvalue weighted by molar-refractivity contribution is 5.94. The molecule has 116 valence electrons. The molecular weight excluding hydrogens is 272 g/mol. The van der Waals surface area contributed by atoms with Crippen LogP contribution < -0.4 is 5.32 Å². The predicted octanol–water partition coefficient (Wildman–Crippen LogP) is 3.71. The summed E-state index contributed by atoms with van der Waals surface area (Å²) in [6.07, 6.45) is 1.00. The van der Waals surface area contributed by atoms with Crippen LogP contribution in [0.1, 0.15) is 25.0 Å². The third kappa shape index (κ3) is 4.43. The van der Waals surface area contributed by atoms with Gasteiger partial charge in [-0.3, -0.25) is 9.69 Å². The van der Waals surface area contributed by atoms with Crippen LogP contribution >= 0.6 is 0 Å². The summed E-state index contributed by atoms with van der Waals surface area (Å²) in [6, 6.07) is 18.0. The third-order valence-corrected chi connectivity index (χ3v) is 3.95. The van der Waals surface area contributed by atoms with Crippen LogP contribution in [0, 0.1) is 0 Å². The lowest BCUT2D eigenvalue weighted by Crippen LogP contribution is -2.39. The summed E-state index contributed by atoms with van der Waals surface area (Å²) in [6.45, 7) is 4.80. The Morgan fingerprint density at radius 2 is 1.68 bits per heavy atom. The van der Waals surface area contributed by atoms with Crippen LogP contribution in [0.25, 0.3) is 0 Å². The quantitative estimate of drug-likeness (QED) is 0.881. The zero-order valence-corrected chi connectivity index (χ0v) is 13.5. The monoisotopic (exact) mass is 296 g/mol. The van der Waals surface area contributed by atoms with E-state index in [4.69, 9.17) is 0 Å². The number of aryl methyl sites for hydroxylation is 1. The van der Waals surface area contributed by atoms with Gasteiger partial charge in [-0.15, -0.1) is 0 Å². The van der Waals surface area contributed by atoms with Crippen molar-refractivity contribution in [2.24, 2.45) is 0 Å². The maximum atomic E-state index is 12.3. The van der Waals surface area contributed by atoms with Crippen LogP contribution in [0.2, 0.25) is 0 Å². The van der Waals surface area contributed by atoms with Crippen molar-refractivity contribution in [3.63, 3.8) is 0 Å². The number of anilines is 1. The predicted molar refractivity (Wildman–Crippen MR) is 91.8 cm³/mol. The summed E-state index contributed by atoms with van der Waals surface area (Å²) in [5, 5.41) is 2.98. The number of carbonyl (C=O) groups excluding carboxylic acids is 1. The van der Waals surface area contributed by atoms with E-state index in [1.807, 2.05) is 61.3 Å². The van der Waals surface area contributed by atoms with E-state index in [1.165, 1.54) is 11.1 Å². The number of carbonyl (C=O) groups is 1. The summed E-state index contributed by atoms with van der Waals surface area (Å²) in [7, 11) is 1.97. The molecule has 0 aliphatic carbocycles. The first kappa shape index (κ1) is 16.2. The Labute approximate surface area is 133 Å². The first-order valence-corrected chi connectivity index (χ1v) is 7.74. The first-order chi connectivity index (χ1) is 10.6. The SMILES string of the molecule is CCc1ccc(NC(=O)[C@@H](C)N(C)Cc2ccccc2)cc1. The van der Waals surface area contributed by atoms with Gasteiger partial charge in [-0.25, -0.2) is 0 Å². The largest absolute Gasteiger partial charge is 0.325 e. The number of benzene rings is 2. The molecule has 0 heterocycles. The molecule has 0 bridgehead atoms. The van der Waals surface area contributed by atoms with Gasteiger partial charge in [0.2, 0.25) is 5.91 Å². The second-order valence-corrected chi connectivity index (χ2v) is 5.62. The molecule has 0 aliphatic rings. The lowest BCUT2D eigenvalue weighted by Gasteiger charge is -2.24. The number of amides is 1. The summed E-state index contributed by atoms with van der Waals surface area (Å²) in [4.78, 5) is 14.4. The fourth-order valence-electron chi connectivity index (χ4n) is 2.28. The van der Waals surface area contributed by atoms with E-state index >= 15 is 0 Å². The van der Waals surface area contributed by atoms with E-state index in [0.717, 1.165) is 18.7 Å². The number of nitrogens with zero attached hydrogens (tertiary/aromatic N) is 1. The molecule has 0 fully saturated rings. The lowest BCUT2D eigenvalue weighted by atomic mass is 10.1. The van der Waals surface area contributed by atoms with Crippen LogP contribution in [0.15, 0.2) is 54.6 Å². The highest BCUT2D eigenvalue weighted by Gasteiger charge is 2.18. The second-order valence-electron chi connectivity index (χ2n) is 5.62. The van der Waals surface area contributed by atoms with Crippen LogP contribution in [0.5, 0.6) is 0 Å². The summed E-state index contributed by atoms with van der Waals surface area (Å²) in [5.41, 5.74) is 3.33. The van der Waals surface area contributed by atoms with Crippen molar-refractivity contribution in [2.45, 2.75) is 32.9 Å². The zero-order chi connectivity index (χ0) is 15.9. The van der Waals surface area contributed by atoms with Crippen LogP contribution in [-0.2, 0) is 17.8 Å². The Hall–Kier alpha value is -2.13. The number of hydrogen-bond donors (Lipinski definition) is 1. The maximum Gasteiger partial charge on any atom is 0.241 e. The highest BCUT2D eigenvalue weighted by Crippen LogP contribution is 2.12. The Kier molecular flexibility index (Phi) is 5.73. The zero-order valence-electron chi connectivity index (χ0n) is 13.5. The smallest absolute Gasteiger partial charge is 0.241 e. The van der Waals surface area contributed by atoms with Gasteiger partial charge in [-0.05, 0) is 43.7 Å². The molecule has 2 rings (SSSR count). The first-order valence-electron chi connectivity index (χ1n) is 7.74. The molecule has 0 unspecified atom stereocenters. The van der Waals surface area contributed by atoms with Gasteiger partial charge in [-0.2, -0.15) is 0 Å². The van der Waals surface area contributed by atoms with Crippen molar-refractivity contribution in [1.29, 1.82) is 0 Å². The van der Waals surface area contributed by atoms with Crippen LogP contribution in [-0.4, -0.2) is 23.9 Å². The molecule has 1 amide bonds. The Morgan fingerprint density at radius 3 is 2.27 bits per heavy atom. The minimum atomic E-state index is -0.189. The topological polar surface area (TPSA) is 32.3 Å². The van der Waals surface area contributed by atoms with Gasteiger partial charge in [0.25, 0.3) is 0 Å². The third-order valence-electron chi connectivity index (χ3n) is 3.95. The molecule has 0 saturated carbocycles. The Balaban J connectivity index is 1.93. The number of nitrogens with one attached hydrogen (secondary N) is 1. The number of rotatable bonds is 6. The van der Waals surface area contributed by atoms with Crippen molar-refractivity contribution in [3.05, 3.63) is 65.7 Å². The Bertz CT molecular complexity index is 593. The van der Waals surface area contributed by atoms with Gasteiger partial charge in [-0.1, -0.05) is 49.4 Å². The average Bonchev–Trinajstić information content (AvgIpc) is 2.55. The molecule has 0 spiro atoms. The Morgan fingerprint density at radius 1 is 1.05 bits per heavy atom. The van der Waals surface area contributed by atoms with E-state index in [0.29, 0.717) is 0 Å². The molecule has 0 radical (unpaired) electrons. The molecule has 1 atom stereocenters. The van der Waals surface area contributed by atoms with E-state index in [2.05, 4.69) is 24.4 Å². The standard InChI is InChI=1S/C19H24N2O/c1-4-16-10-12-18(13-11-16)20-19(22)15(2)21(3)14-17-8-6-5-7-9-17/h5-13,15H,4,14H2,1-3H3,(H,20,22)/t15-/m1/s1. The van der Waals surface area contributed by atoms with Crippen molar-refractivity contribution in [2.75, 3.05) is 12.4 Å². The van der Waals surface area contributed by atoms with E-state index in [-0.39, 0.29) is 11.9 Å². The average molecular weight is 296 g/mol. The molecule has 0 saturated heterocycles.